The predicted molar refractivity (Wildman–Crippen MR) is 137 cm³/mol. The molecular formula is C28H22F3N3O4. The molecule has 194 valence electrons. The highest BCUT2D eigenvalue weighted by Crippen LogP contribution is 2.24. The van der Waals surface area contributed by atoms with E-state index in [4.69, 9.17) is 4.42 Å². The van der Waals surface area contributed by atoms with Crippen molar-refractivity contribution in [1.29, 1.82) is 0 Å². The van der Waals surface area contributed by atoms with Crippen molar-refractivity contribution in [2.45, 2.75) is 6.18 Å². The van der Waals surface area contributed by atoms with Crippen LogP contribution in [0, 0.1) is 0 Å². The molecule has 10 heteroatoms. The first kappa shape index (κ1) is 25.1. The minimum atomic E-state index is -4.87. The summed E-state index contributed by atoms with van der Waals surface area (Å²) in [6.45, 7) is 0.507. The molecule has 38 heavy (non-hydrogen) atoms. The van der Waals surface area contributed by atoms with Crippen molar-refractivity contribution in [3.05, 3.63) is 94.8 Å². The molecule has 0 spiro atoms. The second kappa shape index (κ2) is 10.0. The number of para-hydroxylation sites is 1. The zero-order valence-electron chi connectivity index (χ0n) is 20.0. The van der Waals surface area contributed by atoms with Gasteiger partial charge in [0, 0.05) is 48.5 Å². The van der Waals surface area contributed by atoms with Gasteiger partial charge in [-0.3, -0.25) is 9.59 Å². The molecule has 0 atom stereocenters. The molecule has 1 saturated heterocycles. The number of anilines is 2. The highest BCUT2D eigenvalue weighted by Gasteiger charge is 2.43. The molecular weight excluding hydrogens is 499 g/mol. The molecule has 1 fully saturated rings. The number of piperazine rings is 1. The summed E-state index contributed by atoms with van der Waals surface area (Å²) >= 11 is 0. The highest BCUT2D eigenvalue weighted by molar-refractivity contribution is 6.04. The van der Waals surface area contributed by atoms with Gasteiger partial charge in [-0.1, -0.05) is 30.3 Å². The van der Waals surface area contributed by atoms with Gasteiger partial charge in [0.15, 0.2) is 0 Å². The van der Waals surface area contributed by atoms with Crippen LogP contribution in [-0.2, 0) is 4.79 Å². The predicted octanol–water partition coefficient (Wildman–Crippen LogP) is 4.92. The zero-order chi connectivity index (χ0) is 26.9. The molecule has 0 saturated carbocycles. The van der Waals surface area contributed by atoms with E-state index in [1.165, 1.54) is 0 Å². The largest absolute Gasteiger partial charge is 0.471 e. The van der Waals surface area contributed by atoms with Gasteiger partial charge in [-0.05, 0) is 54.1 Å². The monoisotopic (exact) mass is 521 g/mol. The summed E-state index contributed by atoms with van der Waals surface area (Å²) in [6, 6.07) is 22.5. The Bertz CT molecular complexity index is 1540. The van der Waals surface area contributed by atoms with Gasteiger partial charge >= 0.3 is 17.7 Å². The first-order chi connectivity index (χ1) is 18.2. The fourth-order valence-corrected chi connectivity index (χ4v) is 4.37. The minimum absolute atomic E-state index is 0.0199. The van der Waals surface area contributed by atoms with Crippen molar-refractivity contribution in [2.75, 3.05) is 36.4 Å². The number of rotatable bonds is 4. The number of nitrogens with one attached hydrogen (secondary N) is 1. The van der Waals surface area contributed by atoms with Gasteiger partial charge in [0.2, 0.25) is 0 Å². The second-order valence-corrected chi connectivity index (χ2v) is 8.84. The summed E-state index contributed by atoms with van der Waals surface area (Å²) in [6.07, 6.45) is -4.87. The molecule has 1 N–H and O–H groups in total. The second-order valence-electron chi connectivity index (χ2n) is 8.84. The Kier molecular flexibility index (Phi) is 6.62. The highest BCUT2D eigenvalue weighted by atomic mass is 19.4. The van der Waals surface area contributed by atoms with E-state index in [-0.39, 0.29) is 32.1 Å². The van der Waals surface area contributed by atoms with Gasteiger partial charge in [-0.15, -0.1) is 0 Å². The summed E-state index contributed by atoms with van der Waals surface area (Å²) in [5.41, 5.74) is 2.78. The van der Waals surface area contributed by atoms with Crippen molar-refractivity contribution < 1.29 is 27.2 Å². The van der Waals surface area contributed by atoms with E-state index in [0.717, 1.165) is 16.0 Å². The Balaban J connectivity index is 1.21. The fourth-order valence-electron chi connectivity index (χ4n) is 4.37. The number of benzene rings is 3. The quantitative estimate of drug-likeness (QED) is 0.386. The number of carbonyl (C=O) groups is 2. The molecule has 2 amide bonds. The number of hydrogen-bond acceptors (Lipinski definition) is 5. The smallest absolute Gasteiger partial charge is 0.422 e. The van der Waals surface area contributed by atoms with E-state index < -0.39 is 17.7 Å². The minimum Gasteiger partial charge on any atom is -0.422 e. The Hall–Kier alpha value is -4.60. The van der Waals surface area contributed by atoms with Gasteiger partial charge in [0.1, 0.15) is 5.58 Å². The average molecular weight is 521 g/mol. The lowest BCUT2D eigenvalue weighted by atomic mass is 10.0. The van der Waals surface area contributed by atoms with Gasteiger partial charge in [-0.25, -0.2) is 4.79 Å². The van der Waals surface area contributed by atoms with Gasteiger partial charge in [-0.2, -0.15) is 13.2 Å². The van der Waals surface area contributed by atoms with E-state index >= 15 is 0 Å². The number of hydrogen-bond donors (Lipinski definition) is 1. The molecule has 0 aliphatic carbocycles. The van der Waals surface area contributed by atoms with Crippen molar-refractivity contribution in [2.24, 2.45) is 0 Å². The van der Waals surface area contributed by atoms with Crippen LogP contribution in [0.2, 0.25) is 0 Å². The number of fused-ring (bicyclic) bond motifs is 1. The van der Waals surface area contributed by atoms with Crippen LogP contribution in [0.4, 0.5) is 24.5 Å². The fraction of sp³-hybridized carbons (Fsp3) is 0.179. The maximum Gasteiger partial charge on any atom is 0.471 e. The first-order valence-electron chi connectivity index (χ1n) is 11.8. The number of alkyl halides is 3. The van der Waals surface area contributed by atoms with Gasteiger partial charge in [0.05, 0.1) is 5.56 Å². The van der Waals surface area contributed by atoms with Crippen LogP contribution in [0.15, 0.2) is 88.1 Å². The third kappa shape index (κ3) is 5.24. The maximum atomic E-state index is 12.7. The van der Waals surface area contributed by atoms with Gasteiger partial charge < -0.3 is 19.5 Å². The van der Waals surface area contributed by atoms with E-state index in [1.807, 2.05) is 17.0 Å². The molecule has 0 unspecified atom stereocenters. The van der Waals surface area contributed by atoms with Crippen LogP contribution in [0.5, 0.6) is 0 Å². The normalized spacial score (nSPS) is 14.0. The van der Waals surface area contributed by atoms with Crippen molar-refractivity contribution in [1.82, 2.24) is 4.90 Å². The topological polar surface area (TPSA) is 82.9 Å². The Morgan fingerprint density at radius 2 is 1.50 bits per heavy atom. The molecule has 2 heterocycles. The third-order valence-corrected chi connectivity index (χ3v) is 6.40. The molecule has 7 nitrogen and oxygen atoms in total. The van der Waals surface area contributed by atoms with Crippen molar-refractivity contribution in [3.8, 4) is 11.1 Å². The number of amides is 2. The summed E-state index contributed by atoms with van der Waals surface area (Å²) in [5.74, 6) is -2.15. The Labute approximate surface area is 215 Å². The zero-order valence-corrected chi connectivity index (χ0v) is 20.0. The molecule has 1 aliphatic heterocycles. The molecule has 0 bridgehead atoms. The lowest BCUT2D eigenvalue weighted by molar-refractivity contribution is -0.185. The lowest BCUT2D eigenvalue weighted by Gasteiger charge is -2.36. The molecule has 3 aromatic carbocycles. The average Bonchev–Trinajstić information content (AvgIpc) is 2.92. The van der Waals surface area contributed by atoms with Crippen LogP contribution in [0.3, 0.4) is 0 Å². The standard InChI is InChI=1S/C28H22F3N3O4/c29-28(30,31)27(37)34-15-13-33(14-16-34)22-11-9-21(10-12-22)32-25(35)19-7-5-18(6-8-19)23-17-20-3-1-2-4-24(20)38-26(23)36/h1-12,17H,13-16H2,(H,32,35). The van der Waals surface area contributed by atoms with Crippen LogP contribution in [0.1, 0.15) is 10.4 Å². The first-order valence-corrected chi connectivity index (χ1v) is 11.8. The van der Waals surface area contributed by atoms with E-state index in [0.29, 0.717) is 28.0 Å². The van der Waals surface area contributed by atoms with E-state index in [1.54, 1.807) is 66.7 Å². The third-order valence-electron chi connectivity index (χ3n) is 6.40. The molecule has 4 aromatic rings. The van der Waals surface area contributed by atoms with E-state index in [2.05, 4.69) is 5.32 Å². The molecule has 0 radical (unpaired) electrons. The summed E-state index contributed by atoms with van der Waals surface area (Å²) in [4.78, 5) is 39.2. The maximum absolute atomic E-state index is 12.7. The number of carbonyl (C=O) groups excluding carboxylic acids is 2. The van der Waals surface area contributed by atoms with Crippen LogP contribution in [0.25, 0.3) is 22.1 Å². The Morgan fingerprint density at radius 3 is 2.16 bits per heavy atom. The Morgan fingerprint density at radius 1 is 0.842 bits per heavy atom. The summed E-state index contributed by atoms with van der Waals surface area (Å²) in [5, 5.41) is 3.60. The molecule has 5 rings (SSSR count). The number of halogens is 3. The summed E-state index contributed by atoms with van der Waals surface area (Å²) in [7, 11) is 0. The van der Waals surface area contributed by atoms with Crippen LogP contribution in [-0.4, -0.2) is 49.1 Å². The molecule has 1 aromatic heterocycles. The SMILES string of the molecule is O=C(Nc1ccc(N2CCN(C(=O)C(F)(F)F)CC2)cc1)c1ccc(-c2cc3ccccc3oc2=O)cc1. The van der Waals surface area contributed by atoms with Crippen molar-refractivity contribution in [3.63, 3.8) is 0 Å². The van der Waals surface area contributed by atoms with Crippen LogP contribution >= 0.6 is 0 Å². The van der Waals surface area contributed by atoms with Gasteiger partial charge in [0.25, 0.3) is 5.91 Å². The van der Waals surface area contributed by atoms with E-state index in [9.17, 15) is 27.6 Å². The number of nitrogens with zero attached hydrogens (tertiary/aromatic N) is 2. The lowest BCUT2D eigenvalue weighted by Crippen LogP contribution is -2.52. The van der Waals surface area contributed by atoms with Crippen LogP contribution < -0.4 is 15.8 Å². The summed E-state index contributed by atoms with van der Waals surface area (Å²) < 4.78 is 43.3. The molecule has 1 aliphatic rings. The van der Waals surface area contributed by atoms with Crippen molar-refractivity contribution >= 4 is 34.2 Å².